The SMILES string of the molecule is CC(C)N1C(=O)COc2cc([N+](=O)[O-])ccc21. The zero-order valence-corrected chi connectivity index (χ0v) is 9.54. The van der Waals surface area contributed by atoms with Gasteiger partial charge in [0.1, 0.15) is 0 Å². The van der Waals surface area contributed by atoms with Crippen molar-refractivity contribution in [2.45, 2.75) is 19.9 Å². The number of hydrogen-bond acceptors (Lipinski definition) is 4. The molecule has 1 aromatic carbocycles. The fraction of sp³-hybridized carbons (Fsp3) is 0.364. The zero-order chi connectivity index (χ0) is 12.6. The van der Waals surface area contributed by atoms with E-state index >= 15 is 0 Å². The summed E-state index contributed by atoms with van der Waals surface area (Å²) >= 11 is 0. The van der Waals surface area contributed by atoms with Crippen molar-refractivity contribution >= 4 is 17.3 Å². The monoisotopic (exact) mass is 236 g/mol. The largest absolute Gasteiger partial charge is 0.481 e. The van der Waals surface area contributed by atoms with Gasteiger partial charge in [-0.3, -0.25) is 14.9 Å². The Bertz CT molecular complexity index is 484. The predicted octanol–water partition coefficient (Wildman–Crippen LogP) is 1.73. The number of nitrogens with zero attached hydrogens (tertiary/aromatic N) is 2. The first-order valence-corrected chi connectivity index (χ1v) is 5.24. The molecule has 1 aliphatic rings. The fourth-order valence-electron chi connectivity index (χ4n) is 1.84. The van der Waals surface area contributed by atoms with Gasteiger partial charge in [0.05, 0.1) is 16.7 Å². The van der Waals surface area contributed by atoms with E-state index in [2.05, 4.69) is 0 Å². The van der Waals surface area contributed by atoms with E-state index in [1.165, 1.54) is 12.1 Å². The van der Waals surface area contributed by atoms with E-state index in [1.54, 1.807) is 11.0 Å². The van der Waals surface area contributed by atoms with Crippen LogP contribution in [0.1, 0.15) is 13.8 Å². The highest BCUT2D eigenvalue weighted by Gasteiger charge is 2.28. The van der Waals surface area contributed by atoms with Crippen LogP contribution in [0, 0.1) is 10.1 Å². The van der Waals surface area contributed by atoms with Crippen LogP contribution in [0.4, 0.5) is 11.4 Å². The molecule has 1 amide bonds. The maximum atomic E-state index is 11.7. The zero-order valence-electron chi connectivity index (χ0n) is 9.54. The highest BCUT2D eigenvalue weighted by Crippen LogP contribution is 2.36. The average molecular weight is 236 g/mol. The van der Waals surface area contributed by atoms with Crippen LogP contribution in [0.25, 0.3) is 0 Å². The normalized spacial score (nSPS) is 14.5. The molecule has 0 N–H and O–H groups in total. The molecular formula is C11H12N2O4. The van der Waals surface area contributed by atoms with E-state index in [4.69, 9.17) is 4.74 Å². The van der Waals surface area contributed by atoms with Crippen LogP contribution in [0.3, 0.4) is 0 Å². The van der Waals surface area contributed by atoms with Gasteiger partial charge in [0, 0.05) is 12.1 Å². The van der Waals surface area contributed by atoms with Crippen molar-refractivity contribution in [3.05, 3.63) is 28.3 Å². The molecule has 0 unspecified atom stereocenters. The Hall–Kier alpha value is -2.11. The molecular weight excluding hydrogens is 224 g/mol. The summed E-state index contributed by atoms with van der Waals surface area (Å²) in [5.41, 5.74) is 0.545. The second-order valence-electron chi connectivity index (χ2n) is 4.06. The minimum Gasteiger partial charge on any atom is -0.481 e. The number of rotatable bonds is 2. The van der Waals surface area contributed by atoms with Crippen molar-refractivity contribution in [2.75, 3.05) is 11.5 Å². The van der Waals surface area contributed by atoms with E-state index in [9.17, 15) is 14.9 Å². The van der Waals surface area contributed by atoms with Crippen LogP contribution in [-0.2, 0) is 4.79 Å². The second kappa shape index (κ2) is 4.04. The lowest BCUT2D eigenvalue weighted by atomic mass is 10.1. The van der Waals surface area contributed by atoms with Gasteiger partial charge in [-0.1, -0.05) is 0 Å². The van der Waals surface area contributed by atoms with Crippen LogP contribution in [0.15, 0.2) is 18.2 Å². The summed E-state index contributed by atoms with van der Waals surface area (Å²) < 4.78 is 5.21. The molecule has 0 aromatic heterocycles. The standard InChI is InChI=1S/C11H12N2O4/c1-7(2)12-9-4-3-8(13(15)16)5-10(9)17-6-11(12)14/h3-5,7H,6H2,1-2H3. The predicted molar refractivity (Wildman–Crippen MR) is 61.2 cm³/mol. The van der Waals surface area contributed by atoms with Crippen LogP contribution < -0.4 is 9.64 Å². The molecule has 0 aliphatic carbocycles. The second-order valence-corrected chi connectivity index (χ2v) is 4.06. The number of carbonyl (C=O) groups excluding carboxylic acids is 1. The van der Waals surface area contributed by atoms with E-state index < -0.39 is 4.92 Å². The lowest BCUT2D eigenvalue weighted by Gasteiger charge is -2.32. The number of non-ortho nitro benzene ring substituents is 1. The van der Waals surface area contributed by atoms with Gasteiger partial charge in [0.15, 0.2) is 12.4 Å². The van der Waals surface area contributed by atoms with Crippen LogP contribution in [0.5, 0.6) is 5.75 Å². The van der Waals surface area contributed by atoms with Crippen molar-refractivity contribution < 1.29 is 14.5 Å². The van der Waals surface area contributed by atoms with Crippen LogP contribution in [-0.4, -0.2) is 23.5 Å². The molecule has 0 radical (unpaired) electrons. The fourth-order valence-corrected chi connectivity index (χ4v) is 1.84. The number of benzene rings is 1. The van der Waals surface area contributed by atoms with Crippen LogP contribution in [0.2, 0.25) is 0 Å². The van der Waals surface area contributed by atoms with Gasteiger partial charge in [-0.25, -0.2) is 0 Å². The van der Waals surface area contributed by atoms with Gasteiger partial charge in [0.2, 0.25) is 0 Å². The van der Waals surface area contributed by atoms with E-state index in [0.717, 1.165) is 0 Å². The van der Waals surface area contributed by atoms with Crippen molar-refractivity contribution in [3.63, 3.8) is 0 Å². The first-order valence-electron chi connectivity index (χ1n) is 5.24. The van der Waals surface area contributed by atoms with Crippen molar-refractivity contribution in [1.29, 1.82) is 0 Å². The average Bonchev–Trinajstić information content (AvgIpc) is 2.27. The summed E-state index contributed by atoms with van der Waals surface area (Å²) in [5, 5.41) is 10.6. The summed E-state index contributed by atoms with van der Waals surface area (Å²) in [5.74, 6) is 0.244. The number of nitro groups is 1. The summed E-state index contributed by atoms with van der Waals surface area (Å²) in [6.07, 6.45) is 0. The minimum atomic E-state index is -0.486. The molecule has 1 aromatic rings. The first-order chi connectivity index (χ1) is 8.00. The van der Waals surface area contributed by atoms with Gasteiger partial charge in [-0.05, 0) is 19.9 Å². The lowest BCUT2D eigenvalue weighted by Crippen LogP contribution is -2.43. The lowest BCUT2D eigenvalue weighted by molar-refractivity contribution is -0.384. The van der Waals surface area contributed by atoms with Gasteiger partial charge >= 0.3 is 0 Å². The molecule has 17 heavy (non-hydrogen) atoms. The number of amides is 1. The molecule has 1 aliphatic heterocycles. The van der Waals surface area contributed by atoms with Crippen molar-refractivity contribution in [1.82, 2.24) is 0 Å². The van der Waals surface area contributed by atoms with Gasteiger partial charge in [-0.15, -0.1) is 0 Å². The number of ether oxygens (including phenoxy) is 1. The summed E-state index contributed by atoms with van der Waals surface area (Å²) in [6.45, 7) is 3.69. The Morgan fingerprint density at radius 1 is 1.47 bits per heavy atom. The van der Waals surface area contributed by atoms with E-state index in [-0.39, 0.29) is 24.2 Å². The smallest absolute Gasteiger partial charge is 0.273 e. The number of fused-ring (bicyclic) bond motifs is 1. The third-order valence-electron chi connectivity index (χ3n) is 2.55. The summed E-state index contributed by atoms with van der Waals surface area (Å²) in [6, 6.07) is 4.25. The Labute approximate surface area is 97.9 Å². The minimum absolute atomic E-state index is 0.00777. The maximum absolute atomic E-state index is 11.7. The number of carbonyl (C=O) groups is 1. The number of hydrogen-bond donors (Lipinski definition) is 0. The number of anilines is 1. The third kappa shape index (κ3) is 1.93. The molecule has 6 heteroatoms. The third-order valence-corrected chi connectivity index (χ3v) is 2.55. The Balaban J connectivity index is 2.48. The molecule has 0 fully saturated rings. The molecule has 0 spiro atoms. The molecule has 0 saturated heterocycles. The van der Waals surface area contributed by atoms with Gasteiger partial charge < -0.3 is 9.64 Å². The van der Waals surface area contributed by atoms with E-state index in [1.807, 2.05) is 13.8 Å². The molecule has 0 atom stereocenters. The molecule has 6 nitrogen and oxygen atoms in total. The van der Waals surface area contributed by atoms with Crippen LogP contribution >= 0.6 is 0 Å². The Kier molecular flexibility index (Phi) is 2.71. The molecule has 0 saturated carbocycles. The topological polar surface area (TPSA) is 72.7 Å². The Morgan fingerprint density at radius 2 is 2.18 bits per heavy atom. The highest BCUT2D eigenvalue weighted by atomic mass is 16.6. The molecule has 90 valence electrons. The maximum Gasteiger partial charge on any atom is 0.273 e. The highest BCUT2D eigenvalue weighted by molar-refractivity contribution is 5.98. The van der Waals surface area contributed by atoms with E-state index in [0.29, 0.717) is 11.4 Å². The molecule has 2 rings (SSSR count). The van der Waals surface area contributed by atoms with Crippen molar-refractivity contribution in [3.8, 4) is 5.75 Å². The quantitative estimate of drug-likeness (QED) is 0.579. The first kappa shape index (κ1) is 11.4. The molecule has 1 heterocycles. The van der Waals surface area contributed by atoms with Gasteiger partial charge in [-0.2, -0.15) is 0 Å². The number of nitro benzene ring substituents is 1. The molecule has 0 bridgehead atoms. The summed E-state index contributed by atoms with van der Waals surface area (Å²) in [7, 11) is 0. The van der Waals surface area contributed by atoms with Crippen molar-refractivity contribution in [2.24, 2.45) is 0 Å². The van der Waals surface area contributed by atoms with Gasteiger partial charge in [0.25, 0.3) is 11.6 Å². The summed E-state index contributed by atoms with van der Waals surface area (Å²) in [4.78, 5) is 23.4. The Morgan fingerprint density at radius 3 is 2.76 bits per heavy atom.